The maximum atomic E-state index is 3.64. The van der Waals surface area contributed by atoms with Gasteiger partial charge in [0.15, 0.2) is 0 Å². The summed E-state index contributed by atoms with van der Waals surface area (Å²) >= 11 is 1.79. The van der Waals surface area contributed by atoms with Crippen LogP contribution in [0.15, 0.2) is 47.4 Å². The third-order valence-corrected chi connectivity index (χ3v) is 5.26. The van der Waals surface area contributed by atoms with Crippen molar-refractivity contribution in [3.05, 3.63) is 53.7 Å². The van der Waals surface area contributed by atoms with Crippen LogP contribution in [0.1, 0.15) is 11.3 Å². The molecule has 0 fully saturated rings. The van der Waals surface area contributed by atoms with Gasteiger partial charge in [-0.1, -0.05) is 24.3 Å². The van der Waals surface area contributed by atoms with Gasteiger partial charge in [-0.3, -0.25) is 0 Å². The zero-order valence-corrected chi connectivity index (χ0v) is 14.8. The minimum Gasteiger partial charge on any atom is -0.358 e. The molecule has 2 aromatic carbocycles. The van der Waals surface area contributed by atoms with Crippen LogP contribution < -0.4 is 5.32 Å². The molecule has 4 rings (SSSR count). The second-order valence-corrected chi connectivity index (χ2v) is 6.67. The Morgan fingerprint density at radius 1 is 0.957 bits per heavy atom. The largest absolute Gasteiger partial charge is 0.358 e. The lowest BCUT2D eigenvalue weighted by Crippen LogP contribution is -2.16. The summed E-state index contributed by atoms with van der Waals surface area (Å²) in [6, 6.07) is 15.5. The van der Waals surface area contributed by atoms with E-state index in [0.717, 1.165) is 25.9 Å². The Kier molecular flexibility index (Phi) is 5.00. The summed E-state index contributed by atoms with van der Waals surface area (Å²) < 4.78 is 0. The number of aromatic nitrogens is 1. The molecular weight excluding hydrogens is 324 g/mol. The number of halogens is 1. The molecule has 0 bridgehead atoms. The first-order chi connectivity index (χ1) is 10.9. The number of benzene rings is 2. The van der Waals surface area contributed by atoms with Crippen molar-refractivity contribution in [3.63, 3.8) is 0 Å². The first kappa shape index (κ1) is 16.4. The molecule has 1 aromatic heterocycles. The van der Waals surface area contributed by atoms with Gasteiger partial charge in [0, 0.05) is 34.5 Å². The minimum absolute atomic E-state index is 0. The summed E-state index contributed by atoms with van der Waals surface area (Å²) in [4.78, 5) is 4.96. The van der Waals surface area contributed by atoms with Gasteiger partial charge in [-0.15, -0.1) is 24.2 Å². The number of nitrogens with one attached hydrogen (secondary N) is 2. The van der Waals surface area contributed by atoms with E-state index < -0.39 is 0 Å². The molecule has 0 saturated carbocycles. The van der Waals surface area contributed by atoms with Crippen LogP contribution in [0.25, 0.3) is 22.0 Å². The zero-order chi connectivity index (χ0) is 14.9. The molecule has 0 atom stereocenters. The molecule has 2 heterocycles. The quantitative estimate of drug-likeness (QED) is 0.661. The molecule has 4 heteroatoms. The number of rotatable bonds is 2. The van der Waals surface area contributed by atoms with Crippen molar-refractivity contribution in [1.29, 1.82) is 0 Å². The maximum Gasteiger partial charge on any atom is 0.0465 e. The van der Waals surface area contributed by atoms with E-state index in [-0.39, 0.29) is 12.4 Å². The molecular formula is C19H21ClN2S. The van der Waals surface area contributed by atoms with Gasteiger partial charge in [0.25, 0.3) is 0 Å². The fourth-order valence-electron chi connectivity index (χ4n) is 3.42. The minimum atomic E-state index is 0. The number of hydrogen-bond acceptors (Lipinski definition) is 2. The van der Waals surface area contributed by atoms with Gasteiger partial charge in [0.2, 0.25) is 0 Å². The van der Waals surface area contributed by atoms with Crippen molar-refractivity contribution in [2.75, 3.05) is 19.3 Å². The monoisotopic (exact) mass is 344 g/mol. The van der Waals surface area contributed by atoms with Crippen LogP contribution in [0.5, 0.6) is 0 Å². The molecule has 0 saturated heterocycles. The highest BCUT2D eigenvalue weighted by Gasteiger charge is 2.16. The van der Waals surface area contributed by atoms with E-state index >= 15 is 0 Å². The van der Waals surface area contributed by atoms with Crippen LogP contribution in [0.2, 0.25) is 0 Å². The van der Waals surface area contributed by atoms with Gasteiger partial charge in [-0.05, 0) is 54.1 Å². The molecule has 2 N–H and O–H groups in total. The first-order valence-corrected chi connectivity index (χ1v) is 9.07. The predicted molar refractivity (Wildman–Crippen MR) is 103 cm³/mol. The van der Waals surface area contributed by atoms with Crippen molar-refractivity contribution in [2.24, 2.45) is 0 Å². The van der Waals surface area contributed by atoms with Crippen LogP contribution in [0.4, 0.5) is 0 Å². The van der Waals surface area contributed by atoms with Gasteiger partial charge in [-0.25, -0.2) is 0 Å². The Labute approximate surface area is 147 Å². The molecule has 120 valence electrons. The Bertz CT molecular complexity index is 808. The van der Waals surface area contributed by atoms with E-state index in [9.17, 15) is 0 Å². The van der Waals surface area contributed by atoms with E-state index in [0.29, 0.717) is 0 Å². The average molecular weight is 345 g/mol. The third kappa shape index (κ3) is 3.01. The smallest absolute Gasteiger partial charge is 0.0465 e. The van der Waals surface area contributed by atoms with E-state index in [1.807, 2.05) is 0 Å². The standard InChI is InChI=1S/C19H20N2S.ClH/c1-22-14-7-5-13(6-8-14)15-3-2-4-18-19(15)16-9-11-20-12-10-17(16)21-18;/h2-8,20-21H,9-12H2,1H3;1H. The van der Waals surface area contributed by atoms with Gasteiger partial charge in [0.05, 0.1) is 0 Å². The van der Waals surface area contributed by atoms with E-state index in [2.05, 4.69) is 59.0 Å². The summed E-state index contributed by atoms with van der Waals surface area (Å²) in [5.41, 5.74) is 6.85. The van der Waals surface area contributed by atoms with Crippen LogP contribution in [-0.2, 0) is 12.8 Å². The first-order valence-electron chi connectivity index (χ1n) is 7.84. The highest BCUT2D eigenvalue weighted by Crippen LogP contribution is 2.34. The molecule has 23 heavy (non-hydrogen) atoms. The number of thioether (sulfide) groups is 1. The molecule has 3 aromatic rings. The van der Waals surface area contributed by atoms with Crippen molar-refractivity contribution >= 4 is 35.1 Å². The summed E-state index contributed by atoms with van der Waals surface area (Å²) in [5, 5.41) is 4.91. The summed E-state index contributed by atoms with van der Waals surface area (Å²) in [5.74, 6) is 0. The maximum absolute atomic E-state index is 3.64. The van der Waals surface area contributed by atoms with Crippen molar-refractivity contribution in [2.45, 2.75) is 17.7 Å². The lowest BCUT2D eigenvalue weighted by molar-refractivity contribution is 0.708. The van der Waals surface area contributed by atoms with Gasteiger partial charge in [0.1, 0.15) is 0 Å². The van der Waals surface area contributed by atoms with Crippen molar-refractivity contribution in [3.8, 4) is 11.1 Å². The normalized spacial score (nSPS) is 14.1. The Morgan fingerprint density at radius 3 is 2.52 bits per heavy atom. The lowest BCUT2D eigenvalue weighted by Gasteiger charge is -2.07. The molecule has 0 aliphatic carbocycles. The van der Waals surface area contributed by atoms with Gasteiger partial charge < -0.3 is 10.3 Å². The second-order valence-electron chi connectivity index (χ2n) is 5.79. The lowest BCUT2D eigenvalue weighted by atomic mass is 9.97. The third-order valence-electron chi connectivity index (χ3n) is 4.52. The van der Waals surface area contributed by atoms with Gasteiger partial charge >= 0.3 is 0 Å². The van der Waals surface area contributed by atoms with Crippen LogP contribution in [0, 0.1) is 0 Å². The topological polar surface area (TPSA) is 27.8 Å². The second kappa shape index (κ2) is 7.00. The highest BCUT2D eigenvalue weighted by atomic mass is 35.5. The molecule has 0 spiro atoms. The summed E-state index contributed by atoms with van der Waals surface area (Å²) in [6.07, 6.45) is 4.32. The fourth-order valence-corrected chi connectivity index (χ4v) is 3.83. The molecule has 0 radical (unpaired) electrons. The van der Waals surface area contributed by atoms with E-state index in [1.165, 1.54) is 38.2 Å². The molecule has 1 aliphatic heterocycles. The Hall–Kier alpha value is -1.42. The van der Waals surface area contributed by atoms with Crippen LogP contribution in [-0.4, -0.2) is 24.3 Å². The summed E-state index contributed by atoms with van der Waals surface area (Å²) in [7, 11) is 0. The zero-order valence-electron chi connectivity index (χ0n) is 13.2. The van der Waals surface area contributed by atoms with Gasteiger partial charge in [-0.2, -0.15) is 0 Å². The van der Waals surface area contributed by atoms with Crippen molar-refractivity contribution < 1.29 is 0 Å². The Morgan fingerprint density at radius 2 is 1.74 bits per heavy atom. The molecule has 0 amide bonds. The highest BCUT2D eigenvalue weighted by molar-refractivity contribution is 7.98. The van der Waals surface area contributed by atoms with E-state index in [1.54, 1.807) is 11.8 Å². The van der Waals surface area contributed by atoms with Crippen LogP contribution in [0.3, 0.4) is 0 Å². The Balaban J connectivity index is 0.00000156. The van der Waals surface area contributed by atoms with E-state index in [4.69, 9.17) is 0 Å². The number of aromatic amines is 1. The summed E-state index contributed by atoms with van der Waals surface area (Å²) in [6.45, 7) is 2.14. The SMILES string of the molecule is CSc1ccc(-c2cccc3[nH]c4c(c23)CCNCC4)cc1.Cl. The number of H-pyrrole nitrogens is 1. The molecule has 0 unspecified atom stereocenters. The number of hydrogen-bond donors (Lipinski definition) is 2. The van der Waals surface area contributed by atoms with Crippen LogP contribution >= 0.6 is 24.2 Å². The molecule has 1 aliphatic rings. The molecule has 2 nitrogen and oxygen atoms in total. The van der Waals surface area contributed by atoms with Crippen molar-refractivity contribution in [1.82, 2.24) is 10.3 Å². The predicted octanol–water partition coefficient (Wildman–Crippen LogP) is 4.67. The average Bonchev–Trinajstić information content (AvgIpc) is 2.76. The number of fused-ring (bicyclic) bond motifs is 3. The fraction of sp³-hybridized carbons (Fsp3) is 0.263.